The number of hydrogen-bond acceptors (Lipinski definition) is 5. The Morgan fingerprint density at radius 1 is 1.14 bits per heavy atom. The van der Waals surface area contributed by atoms with Gasteiger partial charge in [-0.15, -0.1) is 0 Å². The first-order valence-corrected chi connectivity index (χ1v) is 9.18. The summed E-state index contributed by atoms with van der Waals surface area (Å²) >= 11 is 0. The zero-order chi connectivity index (χ0) is 19.5. The van der Waals surface area contributed by atoms with Gasteiger partial charge in [0.25, 0.3) is 0 Å². The Morgan fingerprint density at radius 3 is 2.61 bits per heavy atom. The average Bonchev–Trinajstić information content (AvgIpc) is 3.34. The molecule has 1 saturated heterocycles. The van der Waals surface area contributed by atoms with E-state index in [1.807, 2.05) is 48.5 Å². The second-order valence-electron chi connectivity index (χ2n) is 6.66. The normalized spacial score (nSPS) is 17.6. The standard InChI is InChI=1S/C20H21N7O/c21-19-18(13-23-27(19)14-6-2-1-3-7-14)24-16-9-8-15(26-10-4-5-11-26)12-17(16)25-20(22)28/h1-3,6-9,12-13H,4-5,10-11H2,(H4,21,22,23,25,28)/p+1. The van der Waals surface area contributed by atoms with E-state index in [0.29, 0.717) is 22.9 Å². The molecule has 5 N–H and O–H groups in total. The molecule has 8 nitrogen and oxygen atoms in total. The molecule has 0 unspecified atom stereocenters. The van der Waals surface area contributed by atoms with Gasteiger partial charge in [-0.1, -0.05) is 28.0 Å². The lowest BCUT2D eigenvalue weighted by Crippen LogP contribution is -2.27. The predicted molar refractivity (Wildman–Crippen MR) is 112 cm³/mol. The zero-order valence-electron chi connectivity index (χ0n) is 15.4. The van der Waals surface area contributed by atoms with Gasteiger partial charge in [-0.25, -0.2) is 9.79 Å². The molecule has 2 aliphatic rings. The van der Waals surface area contributed by atoms with Crippen molar-refractivity contribution in [3.05, 3.63) is 48.5 Å². The molecular formula is C20H22N7O+. The maximum absolute atomic E-state index is 11.5. The van der Waals surface area contributed by atoms with Crippen molar-refractivity contribution in [3.63, 3.8) is 0 Å². The van der Waals surface area contributed by atoms with Gasteiger partial charge >= 0.3 is 11.9 Å². The number of nitrogens with one attached hydrogen (secondary N) is 1. The maximum atomic E-state index is 11.5. The van der Waals surface area contributed by atoms with Crippen LogP contribution in [0.4, 0.5) is 27.5 Å². The van der Waals surface area contributed by atoms with Crippen molar-refractivity contribution < 1.29 is 9.48 Å². The number of carbonyl (C=O) groups excluding carboxylic acids is 1. The average molecular weight is 376 g/mol. The van der Waals surface area contributed by atoms with E-state index in [4.69, 9.17) is 11.5 Å². The van der Waals surface area contributed by atoms with Crippen LogP contribution >= 0.6 is 0 Å². The Kier molecular flexibility index (Phi) is 4.76. The van der Waals surface area contributed by atoms with Crippen LogP contribution in [0.15, 0.2) is 58.6 Å². The van der Waals surface area contributed by atoms with Crippen LogP contribution in [0, 0.1) is 0 Å². The minimum atomic E-state index is -0.636. The summed E-state index contributed by atoms with van der Waals surface area (Å²) in [7, 11) is 0. The van der Waals surface area contributed by atoms with Crippen molar-refractivity contribution in [2.45, 2.75) is 12.8 Å². The summed E-state index contributed by atoms with van der Waals surface area (Å²) < 4.78 is 1.62. The molecule has 0 aliphatic carbocycles. The molecule has 28 heavy (non-hydrogen) atoms. The van der Waals surface area contributed by atoms with Gasteiger partial charge in [0.2, 0.25) is 0 Å². The van der Waals surface area contributed by atoms with Crippen molar-refractivity contribution in [2.75, 3.05) is 23.3 Å². The van der Waals surface area contributed by atoms with Gasteiger partial charge in [-0.3, -0.25) is 5.73 Å². The van der Waals surface area contributed by atoms with E-state index in [1.165, 1.54) is 12.8 Å². The fraction of sp³-hybridized carbons (Fsp3) is 0.200. The number of urea groups is 1. The number of carbonyl (C=O) groups is 1. The first-order valence-electron chi connectivity index (χ1n) is 9.18. The summed E-state index contributed by atoms with van der Waals surface area (Å²) in [6.45, 7) is 2.01. The van der Waals surface area contributed by atoms with Crippen LogP contribution in [0.1, 0.15) is 12.8 Å². The number of rotatable bonds is 4. The molecule has 2 aromatic rings. The molecule has 0 radical (unpaired) electrons. The van der Waals surface area contributed by atoms with Crippen LogP contribution in [-0.4, -0.2) is 41.6 Å². The third kappa shape index (κ3) is 3.57. The summed E-state index contributed by atoms with van der Waals surface area (Å²) in [6.07, 6.45) is 3.94. The van der Waals surface area contributed by atoms with E-state index < -0.39 is 6.03 Å². The van der Waals surface area contributed by atoms with E-state index in [0.717, 1.165) is 24.5 Å². The number of nitrogens with zero attached hydrogens (tertiary/aromatic N) is 4. The highest BCUT2D eigenvalue weighted by atomic mass is 16.2. The molecule has 142 valence electrons. The van der Waals surface area contributed by atoms with E-state index in [2.05, 4.69) is 20.3 Å². The number of primary amides is 1. The van der Waals surface area contributed by atoms with Gasteiger partial charge in [-0.05, 0) is 43.2 Å². The van der Waals surface area contributed by atoms with Gasteiger partial charge in [0.1, 0.15) is 6.21 Å². The van der Waals surface area contributed by atoms with Crippen molar-refractivity contribution in [1.82, 2.24) is 0 Å². The van der Waals surface area contributed by atoms with Gasteiger partial charge < -0.3 is 16.0 Å². The van der Waals surface area contributed by atoms with Crippen LogP contribution < -0.4 is 21.7 Å². The number of hydrazone groups is 1. The maximum Gasteiger partial charge on any atom is 0.326 e. The summed E-state index contributed by atoms with van der Waals surface area (Å²) in [6, 6.07) is 14.7. The summed E-state index contributed by atoms with van der Waals surface area (Å²) in [5, 5.41) is 7.00. The number of para-hydroxylation sites is 1. The molecule has 0 bridgehead atoms. The Morgan fingerprint density at radius 2 is 1.89 bits per heavy atom. The van der Waals surface area contributed by atoms with Crippen LogP contribution in [0.3, 0.4) is 0 Å². The van der Waals surface area contributed by atoms with E-state index >= 15 is 0 Å². The van der Waals surface area contributed by atoms with E-state index in [-0.39, 0.29) is 0 Å². The van der Waals surface area contributed by atoms with E-state index in [1.54, 1.807) is 10.9 Å². The van der Waals surface area contributed by atoms with Crippen LogP contribution in [0.25, 0.3) is 0 Å². The number of amidine groups is 1. The lowest BCUT2D eigenvalue weighted by Gasteiger charge is -2.19. The SMILES string of the molecule is NC(=O)Nc1cc(N2CCCC2)ccc1N=C1C=N[N+](c2ccccc2)=C1N. The minimum absolute atomic E-state index is 0.417. The Labute approximate surface area is 162 Å². The van der Waals surface area contributed by atoms with Gasteiger partial charge in [0.15, 0.2) is 11.4 Å². The van der Waals surface area contributed by atoms with Crippen LogP contribution in [0.2, 0.25) is 0 Å². The first-order chi connectivity index (χ1) is 13.6. The Bertz CT molecular complexity index is 989. The molecule has 2 heterocycles. The molecule has 0 atom stereocenters. The van der Waals surface area contributed by atoms with Gasteiger partial charge in [0.05, 0.1) is 11.4 Å². The predicted octanol–water partition coefficient (Wildman–Crippen LogP) is 2.55. The molecule has 8 heteroatoms. The quantitative estimate of drug-likeness (QED) is 0.713. The Balaban J connectivity index is 1.69. The fourth-order valence-corrected chi connectivity index (χ4v) is 3.37. The number of hydrogen-bond donors (Lipinski definition) is 3. The molecule has 0 spiro atoms. The smallest absolute Gasteiger partial charge is 0.326 e. The first kappa shape index (κ1) is 17.7. The highest BCUT2D eigenvalue weighted by Gasteiger charge is 2.24. The number of nitrogens with two attached hydrogens (primary N) is 2. The number of aliphatic imine (C=N–C) groups is 1. The fourth-order valence-electron chi connectivity index (χ4n) is 3.37. The largest absolute Gasteiger partial charge is 0.371 e. The van der Waals surface area contributed by atoms with Crippen molar-refractivity contribution in [2.24, 2.45) is 21.6 Å². The number of amides is 2. The zero-order valence-corrected chi connectivity index (χ0v) is 15.4. The molecule has 4 rings (SSSR count). The van der Waals surface area contributed by atoms with Crippen molar-refractivity contribution in [3.8, 4) is 0 Å². The second kappa shape index (κ2) is 7.51. The molecule has 2 amide bonds. The van der Waals surface area contributed by atoms with E-state index in [9.17, 15) is 4.79 Å². The molecule has 1 fully saturated rings. The molecule has 2 aliphatic heterocycles. The summed E-state index contributed by atoms with van der Waals surface area (Å²) in [4.78, 5) is 18.4. The topological polar surface area (TPSA) is 112 Å². The molecular weight excluding hydrogens is 354 g/mol. The van der Waals surface area contributed by atoms with Crippen LogP contribution in [-0.2, 0) is 0 Å². The molecule has 0 aromatic heterocycles. The number of anilines is 2. The molecule has 0 saturated carbocycles. The minimum Gasteiger partial charge on any atom is -0.371 e. The molecule has 2 aromatic carbocycles. The highest BCUT2D eigenvalue weighted by molar-refractivity contribution is 6.62. The third-order valence-electron chi connectivity index (χ3n) is 4.74. The Hall–Kier alpha value is -3.68. The highest BCUT2D eigenvalue weighted by Crippen LogP contribution is 2.32. The van der Waals surface area contributed by atoms with Crippen molar-refractivity contribution in [1.29, 1.82) is 0 Å². The monoisotopic (exact) mass is 376 g/mol. The lowest BCUT2D eigenvalue weighted by atomic mass is 10.2. The second-order valence-corrected chi connectivity index (χ2v) is 6.66. The van der Waals surface area contributed by atoms with Crippen molar-refractivity contribution >= 4 is 46.5 Å². The lowest BCUT2D eigenvalue weighted by molar-refractivity contribution is -0.441. The number of benzene rings is 2. The van der Waals surface area contributed by atoms with Crippen LogP contribution in [0.5, 0.6) is 0 Å². The summed E-state index contributed by atoms with van der Waals surface area (Å²) in [5.74, 6) is 0.417. The van der Waals surface area contributed by atoms with Gasteiger partial charge in [-0.2, -0.15) is 0 Å². The summed E-state index contributed by atoms with van der Waals surface area (Å²) in [5.41, 5.74) is 15.1. The van der Waals surface area contributed by atoms with Gasteiger partial charge in [0, 0.05) is 18.8 Å². The third-order valence-corrected chi connectivity index (χ3v) is 4.74.